The number of pyridine rings is 1. The Morgan fingerprint density at radius 3 is 2.73 bits per heavy atom. The van der Waals surface area contributed by atoms with Crippen LogP contribution in [-0.2, 0) is 11.3 Å². The average molecular weight is 439 g/mol. The van der Waals surface area contributed by atoms with E-state index < -0.39 is 6.10 Å². The third kappa shape index (κ3) is 4.96. The van der Waals surface area contributed by atoms with Crippen LogP contribution in [0.15, 0.2) is 47.2 Å². The molecular weight excluding hydrogens is 418 g/mol. The maximum absolute atomic E-state index is 12.7. The highest BCUT2D eigenvalue weighted by molar-refractivity contribution is 9.10. The van der Waals surface area contributed by atoms with Gasteiger partial charge in [0, 0.05) is 50.1 Å². The zero-order chi connectivity index (χ0) is 18.5. The molecule has 1 aliphatic heterocycles. The lowest BCUT2D eigenvalue weighted by Gasteiger charge is -2.35. The van der Waals surface area contributed by atoms with Crippen molar-refractivity contribution < 1.29 is 9.53 Å². The van der Waals surface area contributed by atoms with Gasteiger partial charge < -0.3 is 9.64 Å². The van der Waals surface area contributed by atoms with Gasteiger partial charge in [-0.15, -0.1) is 0 Å². The van der Waals surface area contributed by atoms with Gasteiger partial charge in [-0.1, -0.05) is 17.7 Å². The molecule has 1 aromatic heterocycles. The second-order valence-corrected chi connectivity index (χ2v) is 7.59. The summed E-state index contributed by atoms with van der Waals surface area (Å²) in [5.74, 6) is 0.623. The molecular formula is C19H21BrClN3O2. The number of hydrogen-bond donors (Lipinski definition) is 0. The molecule has 0 spiro atoms. The highest BCUT2D eigenvalue weighted by Crippen LogP contribution is 2.29. The Hall–Kier alpha value is -1.63. The molecule has 0 bridgehead atoms. The van der Waals surface area contributed by atoms with E-state index in [-0.39, 0.29) is 5.91 Å². The smallest absolute Gasteiger partial charge is 0.263 e. The Balaban J connectivity index is 1.51. The lowest BCUT2D eigenvalue weighted by Crippen LogP contribution is -2.51. The summed E-state index contributed by atoms with van der Waals surface area (Å²) in [6.07, 6.45) is 3.12. The number of rotatable bonds is 5. The molecule has 1 unspecified atom stereocenters. The van der Waals surface area contributed by atoms with Gasteiger partial charge in [-0.25, -0.2) is 0 Å². The number of aromatic nitrogens is 1. The van der Waals surface area contributed by atoms with Crippen LogP contribution >= 0.6 is 27.5 Å². The van der Waals surface area contributed by atoms with E-state index in [2.05, 4.69) is 31.9 Å². The predicted molar refractivity (Wildman–Crippen MR) is 105 cm³/mol. The normalized spacial score (nSPS) is 16.3. The summed E-state index contributed by atoms with van der Waals surface area (Å²) in [7, 11) is 0. The lowest BCUT2D eigenvalue weighted by atomic mass is 10.2. The van der Waals surface area contributed by atoms with Gasteiger partial charge in [0.2, 0.25) is 0 Å². The van der Waals surface area contributed by atoms with Gasteiger partial charge in [0.15, 0.2) is 6.10 Å². The van der Waals surface area contributed by atoms with Crippen molar-refractivity contribution in [3.8, 4) is 5.75 Å². The van der Waals surface area contributed by atoms with Crippen LogP contribution in [0.4, 0.5) is 0 Å². The fourth-order valence-electron chi connectivity index (χ4n) is 2.94. The number of piperazine rings is 1. The van der Waals surface area contributed by atoms with E-state index in [1.54, 1.807) is 31.3 Å². The van der Waals surface area contributed by atoms with Crippen molar-refractivity contribution in [2.24, 2.45) is 0 Å². The average Bonchev–Trinajstić information content (AvgIpc) is 2.65. The van der Waals surface area contributed by atoms with Crippen LogP contribution in [0.5, 0.6) is 5.75 Å². The number of benzene rings is 1. The molecule has 2 heterocycles. The van der Waals surface area contributed by atoms with Crippen molar-refractivity contribution in [3.05, 3.63) is 57.8 Å². The number of amides is 1. The van der Waals surface area contributed by atoms with Gasteiger partial charge in [-0.2, -0.15) is 0 Å². The zero-order valence-corrected chi connectivity index (χ0v) is 16.9. The van der Waals surface area contributed by atoms with Crippen LogP contribution in [-0.4, -0.2) is 53.0 Å². The number of hydrogen-bond acceptors (Lipinski definition) is 4. The molecule has 138 valence electrons. The van der Waals surface area contributed by atoms with Crippen molar-refractivity contribution in [2.45, 2.75) is 19.6 Å². The van der Waals surface area contributed by atoms with Gasteiger partial charge in [0.05, 0.1) is 4.47 Å². The summed E-state index contributed by atoms with van der Waals surface area (Å²) in [4.78, 5) is 21.0. The fourth-order valence-corrected chi connectivity index (χ4v) is 3.72. The van der Waals surface area contributed by atoms with E-state index in [4.69, 9.17) is 16.3 Å². The second kappa shape index (κ2) is 8.84. The largest absolute Gasteiger partial charge is 0.480 e. The van der Waals surface area contributed by atoms with Crippen molar-refractivity contribution in [1.29, 1.82) is 0 Å². The first-order chi connectivity index (χ1) is 12.5. The molecule has 26 heavy (non-hydrogen) atoms. The Morgan fingerprint density at radius 1 is 1.31 bits per heavy atom. The topological polar surface area (TPSA) is 45.7 Å². The van der Waals surface area contributed by atoms with Crippen LogP contribution < -0.4 is 4.74 Å². The monoisotopic (exact) mass is 437 g/mol. The van der Waals surface area contributed by atoms with Crippen LogP contribution in [0, 0.1) is 0 Å². The van der Waals surface area contributed by atoms with Crippen LogP contribution in [0.1, 0.15) is 12.5 Å². The number of carbonyl (C=O) groups excluding carboxylic acids is 1. The maximum atomic E-state index is 12.7. The molecule has 1 atom stereocenters. The third-order valence-corrected chi connectivity index (χ3v) is 5.21. The van der Waals surface area contributed by atoms with Crippen LogP contribution in [0.25, 0.3) is 0 Å². The molecule has 0 saturated carbocycles. The Kier molecular flexibility index (Phi) is 6.51. The summed E-state index contributed by atoms with van der Waals surface area (Å²) in [6.45, 7) is 5.74. The van der Waals surface area contributed by atoms with E-state index in [9.17, 15) is 4.79 Å². The molecule has 1 aromatic carbocycles. The maximum Gasteiger partial charge on any atom is 0.263 e. The Labute approximate surface area is 167 Å². The first-order valence-corrected chi connectivity index (χ1v) is 9.72. The van der Waals surface area contributed by atoms with Gasteiger partial charge in [-0.05, 0) is 52.7 Å². The fraction of sp³-hybridized carbons (Fsp3) is 0.368. The number of ether oxygens (including phenoxy) is 1. The van der Waals surface area contributed by atoms with Gasteiger partial charge in [-0.3, -0.25) is 14.7 Å². The minimum absolute atomic E-state index is 0.00729. The van der Waals surface area contributed by atoms with E-state index in [1.807, 2.05) is 17.2 Å². The minimum Gasteiger partial charge on any atom is -0.480 e. The lowest BCUT2D eigenvalue weighted by molar-refractivity contribution is -0.139. The standard InChI is InChI=1S/C19H21BrClN3O2/c1-14(26-18-5-4-16(21)11-17(18)20)19(25)24-9-7-23(8-10-24)13-15-3-2-6-22-12-15/h2-6,11-12,14H,7-10,13H2,1H3. The molecule has 2 aromatic rings. The molecule has 5 nitrogen and oxygen atoms in total. The van der Waals surface area contributed by atoms with Gasteiger partial charge in [0.25, 0.3) is 5.91 Å². The van der Waals surface area contributed by atoms with Crippen molar-refractivity contribution >= 4 is 33.4 Å². The summed E-state index contributed by atoms with van der Waals surface area (Å²) in [6, 6.07) is 9.29. The van der Waals surface area contributed by atoms with Crippen molar-refractivity contribution in [2.75, 3.05) is 26.2 Å². The summed E-state index contributed by atoms with van der Waals surface area (Å²) in [5, 5.41) is 0.618. The first-order valence-electron chi connectivity index (χ1n) is 8.54. The van der Waals surface area contributed by atoms with Crippen molar-refractivity contribution in [3.63, 3.8) is 0 Å². The van der Waals surface area contributed by atoms with E-state index in [1.165, 1.54) is 5.56 Å². The molecule has 7 heteroatoms. The predicted octanol–water partition coefficient (Wildman–Crippen LogP) is 3.61. The number of halogens is 2. The summed E-state index contributed by atoms with van der Waals surface area (Å²) in [5.41, 5.74) is 1.19. The quantitative estimate of drug-likeness (QED) is 0.715. The number of carbonyl (C=O) groups is 1. The van der Waals surface area contributed by atoms with Crippen LogP contribution in [0.2, 0.25) is 5.02 Å². The molecule has 3 rings (SSSR count). The van der Waals surface area contributed by atoms with E-state index in [0.29, 0.717) is 23.9 Å². The molecule has 0 N–H and O–H groups in total. The molecule has 0 radical (unpaired) electrons. The Morgan fingerprint density at radius 2 is 2.08 bits per heavy atom. The summed E-state index contributed by atoms with van der Waals surface area (Å²) >= 11 is 9.35. The zero-order valence-electron chi connectivity index (χ0n) is 14.6. The highest BCUT2D eigenvalue weighted by atomic mass is 79.9. The van der Waals surface area contributed by atoms with Crippen molar-refractivity contribution in [1.82, 2.24) is 14.8 Å². The first kappa shape index (κ1) is 19.1. The molecule has 1 fully saturated rings. The molecule has 1 saturated heterocycles. The third-order valence-electron chi connectivity index (χ3n) is 4.36. The SMILES string of the molecule is CC(Oc1ccc(Cl)cc1Br)C(=O)N1CCN(Cc2cccnc2)CC1. The summed E-state index contributed by atoms with van der Waals surface area (Å²) < 4.78 is 6.56. The Bertz CT molecular complexity index is 752. The van der Waals surface area contributed by atoms with Crippen LogP contribution in [0.3, 0.4) is 0 Å². The number of nitrogens with zero attached hydrogens (tertiary/aromatic N) is 3. The molecule has 0 aliphatic carbocycles. The van der Waals surface area contributed by atoms with Gasteiger partial charge in [0.1, 0.15) is 5.75 Å². The highest BCUT2D eigenvalue weighted by Gasteiger charge is 2.26. The second-order valence-electron chi connectivity index (χ2n) is 6.30. The van der Waals surface area contributed by atoms with Gasteiger partial charge >= 0.3 is 0 Å². The molecule has 1 aliphatic rings. The van der Waals surface area contributed by atoms with E-state index in [0.717, 1.165) is 24.1 Å². The minimum atomic E-state index is -0.544. The molecule has 1 amide bonds. The van der Waals surface area contributed by atoms with E-state index >= 15 is 0 Å².